The minimum Gasteiger partial charge on any atom is -0.497 e. The lowest BCUT2D eigenvalue weighted by atomic mass is 10.2. The van der Waals surface area contributed by atoms with Crippen molar-refractivity contribution in [2.24, 2.45) is 0 Å². The van der Waals surface area contributed by atoms with Crippen molar-refractivity contribution in [3.8, 4) is 5.75 Å². The summed E-state index contributed by atoms with van der Waals surface area (Å²) in [6.45, 7) is 1.46. The third kappa shape index (κ3) is 5.20. The number of nitrogens with zero attached hydrogens (tertiary/aromatic N) is 1. The Morgan fingerprint density at radius 3 is 2.42 bits per heavy atom. The van der Waals surface area contributed by atoms with Crippen molar-refractivity contribution in [2.75, 3.05) is 11.8 Å². The van der Waals surface area contributed by atoms with E-state index in [0.29, 0.717) is 17.9 Å². The highest BCUT2D eigenvalue weighted by Gasteiger charge is 2.33. The summed E-state index contributed by atoms with van der Waals surface area (Å²) < 4.78 is 76.9. The molecule has 1 N–H and O–H groups in total. The van der Waals surface area contributed by atoms with Crippen LogP contribution in [0.15, 0.2) is 51.9 Å². The Bertz CT molecular complexity index is 1220. The number of sulfonamides is 1. The number of anilines is 1. The van der Waals surface area contributed by atoms with E-state index in [2.05, 4.69) is 9.88 Å². The van der Waals surface area contributed by atoms with Gasteiger partial charge in [0.25, 0.3) is 10.0 Å². The molecule has 0 spiro atoms. The standard InChI is InChI=1S/C20H16ClF3N2O4S/c1-12-19(17(25-30-12)10-5-13-3-7-15(29-2)8-4-13)26-31(27,28)18-11-14(20(22,23)24)6-9-16(18)21/h3-11,26H,1-2H3/b10-5+. The van der Waals surface area contributed by atoms with Gasteiger partial charge in [0.05, 0.1) is 17.7 Å². The third-order valence-corrected chi connectivity index (χ3v) is 6.05. The molecule has 11 heteroatoms. The van der Waals surface area contributed by atoms with Gasteiger partial charge in [0.1, 0.15) is 22.0 Å². The number of methoxy groups -OCH3 is 1. The molecule has 6 nitrogen and oxygen atoms in total. The second-order valence-electron chi connectivity index (χ2n) is 6.35. The van der Waals surface area contributed by atoms with E-state index in [4.69, 9.17) is 20.9 Å². The lowest BCUT2D eigenvalue weighted by Gasteiger charge is -2.12. The van der Waals surface area contributed by atoms with Crippen molar-refractivity contribution < 1.29 is 30.8 Å². The van der Waals surface area contributed by atoms with Crippen molar-refractivity contribution >= 4 is 39.5 Å². The van der Waals surface area contributed by atoms with Gasteiger partial charge in [0.15, 0.2) is 5.76 Å². The van der Waals surface area contributed by atoms with Gasteiger partial charge in [-0.2, -0.15) is 13.2 Å². The first-order valence-corrected chi connectivity index (χ1v) is 10.6. The minimum atomic E-state index is -4.73. The van der Waals surface area contributed by atoms with Gasteiger partial charge in [-0.3, -0.25) is 4.72 Å². The molecule has 0 saturated carbocycles. The molecule has 0 atom stereocenters. The van der Waals surface area contributed by atoms with E-state index in [0.717, 1.165) is 11.6 Å². The quantitative estimate of drug-likeness (QED) is 0.502. The average molecular weight is 473 g/mol. The van der Waals surface area contributed by atoms with E-state index in [1.807, 2.05) is 0 Å². The number of benzene rings is 2. The zero-order valence-corrected chi connectivity index (χ0v) is 17.8. The molecule has 0 fully saturated rings. The number of alkyl halides is 3. The molecule has 0 radical (unpaired) electrons. The maximum Gasteiger partial charge on any atom is 0.416 e. The molecule has 164 valence electrons. The Labute approximate surface area is 181 Å². The van der Waals surface area contributed by atoms with Crippen LogP contribution in [-0.2, 0) is 16.2 Å². The van der Waals surface area contributed by atoms with Gasteiger partial charge in [-0.25, -0.2) is 8.42 Å². The van der Waals surface area contributed by atoms with Gasteiger partial charge in [-0.05, 0) is 48.9 Å². The van der Waals surface area contributed by atoms with E-state index < -0.39 is 26.7 Å². The maximum atomic E-state index is 13.0. The topological polar surface area (TPSA) is 81.4 Å². The van der Waals surface area contributed by atoms with Gasteiger partial charge >= 0.3 is 6.18 Å². The van der Waals surface area contributed by atoms with Crippen LogP contribution in [0.25, 0.3) is 12.2 Å². The lowest BCUT2D eigenvalue weighted by Crippen LogP contribution is -2.16. The van der Waals surface area contributed by atoms with E-state index in [9.17, 15) is 21.6 Å². The van der Waals surface area contributed by atoms with Crippen LogP contribution in [0.4, 0.5) is 18.9 Å². The summed E-state index contributed by atoms with van der Waals surface area (Å²) in [4.78, 5) is -0.713. The predicted octanol–water partition coefficient (Wildman–Crippen LogP) is 5.64. The summed E-state index contributed by atoms with van der Waals surface area (Å²) >= 11 is 5.87. The molecule has 0 aliphatic rings. The molecule has 0 aliphatic carbocycles. The Kier molecular flexibility index (Phi) is 6.33. The normalized spacial score (nSPS) is 12.3. The average Bonchev–Trinajstić information content (AvgIpc) is 3.05. The Morgan fingerprint density at radius 1 is 1.13 bits per heavy atom. The van der Waals surface area contributed by atoms with Crippen LogP contribution in [0.5, 0.6) is 5.75 Å². The molecule has 0 saturated heterocycles. The summed E-state index contributed by atoms with van der Waals surface area (Å²) in [6, 6.07) is 9.09. The maximum absolute atomic E-state index is 13.0. The van der Waals surface area contributed by atoms with Crippen LogP contribution in [-0.4, -0.2) is 20.7 Å². The first-order chi connectivity index (χ1) is 14.5. The van der Waals surface area contributed by atoms with Gasteiger partial charge in [-0.1, -0.05) is 35.0 Å². The van der Waals surface area contributed by atoms with E-state index in [1.165, 1.54) is 20.1 Å². The summed E-state index contributed by atoms with van der Waals surface area (Å²) in [6.07, 6.45) is -1.57. The Morgan fingerprint density at radius 2 is 1.81 bits per heavy atom. The number of nitrogens with one attached hydrogen (secondary N) is 1. The second kappa shape index (κ2) is 8.64. The summed E-state index contributed by atoms with van der Waals surface area (Å²) in [5.74, 6) is 0.793. The SMILES string of the molecule is COc1ccc(/C=C/c2noc(C)c2NS(=O)(=O)c2cc(C(F)(F)F)ccc2Cl)cc1. The van der Waals surface area contributed by atoms with Crippen LogP contribution < -0.4 is 9.46 Å². The van der Waals surface area contributed by atoms with Crippen molar-refractivity contribution in [1.29, 1.82) is 0 Å². The number of hydrogen-bond donors (Lipinski definition) is 1. The molecule has 3 rings (SSSR count). The number of aryl methyl sites for hydroxylation is 1. The van der Waals surface area contributed by atoms with Crippen LogP contribution in [0, 0.1) is 6.92 Å². The van der Waals surface area contributed by atoms with Crippen molar-refractivity contribution in [2.45, 2.75) is 18.0 Å². The van der Waals surface area contributed by atoms with E-state index in [-0.39, 0.29) is 22.2 Å². The fourth-order valence-corrected chi connectivity index (χ4v) is 4.25. The first kappa shape index (κ1) is 22.7. The molecule has 1 heterocycles. The van der Waals surface area contributed by atoms with Crippen LogP contribution >= 0.6 is 11.6 Å². The number of rotatable bonds is 6. The smallest absolute Gasteiger partial charge is 0.416 e. The molecule has 0 bridgehead atoms. The van der Waals surface area contributed by atoms with Gasteiger partial charge in [0, 0.05) is 0 Å². The van der Waals surface area contributed by atoms with Crippen LogP contribution in [0.2, 0.25) is 5.02 Å². The monoisotopic (exact) mass is 472 g/mol. The van der Waals surface area contributed by atoms with Crippen molar-refractivity contribution in [1.82, 2.24) is 5.16 Å². The summed E-state index contributed by atoms with van der Waals surface area (Å²) in [7, 11) is -2.93. The Balaban J connectivity index is 1.93. The van der Waals surface area contributed by atoms with E-state index >= 15 is 0 Å². The number of halogens is 4. The van der Waals surface area contributed by atoms with Gasteiger partial charge in [-0.15, -0.1) is 0 Å². The Hall–Kier alpha value is -2.98. The molecular formula is C20H16ClF3N2O4S. The zero-order valence-electron chi connectivity index (χ0n) is 16.2. The van der Waals surface area contributed by atoms with Crippen molar-refractivity contribution in [3.63, 3.8) is 0 Å². The largest absolute Gasteiger partial charge is 0.497 e. The third-order valence-electron chi connectivity index (χ3n) is 4.22. The summed E-state index contributed by atoms with van der Waals surface area (Å²) in [5, 5.41) is 3.44. The van der Waals surface area contributed by atoms with Gasteiger partial charge < -0.3 is 9.26 Å². The fraction of sp³-hybridized carbons (Fsp3) is 0.150. The molecule has 31 heavy (non-hydrogen) atoms. The lowest BCUT2D eigenvalue weighted by molar-refractivity contribution is -0.137. The van der Waals surface area contributed by atoms with Crippen LogP contribution in [0.3, 0.4) is 0 Å². The zero-order chi connectivity index (χ0) is 22.8. The highest BCUT2D eigenvalue weighted by Crippen LogP contribution is 2.34. The van der Waals surface area contributed by atoms with Crippen molar-refractivity contribution in [3.05, 3.63) is 70.1 Å². The molecule has 1 aromatic heterocycles. The highest BCUT2D eigenvalue weighted by molar-refractivity contribution is 7.92. The molecule has 0 amide bonds. The number of aromatic nitrogens is 1. The van der Waals surface area contributed by atoms with Crippen LogP contribution in [0.1, 0.15) is 22.6 Å². The predicted molar refractivity (Wildman–Crippen MR) is 110 cm³/mol. The fourth-order valence-electron chi connectivity index (χ4n) is 2.59. The molecule has 3 aromatic rings. The van der Waals surface area contributed by atoms with Gasteiger partial charge in [0.2, 0.25) is 0 Å². The first-order valence-electron chi connectivity index (χ1n) is 8.69. The second-order valence-corrected chi connectivity index (χ2v) is 8.41. The molecular weight excluding hydrogens is 457 g/mol. The highest BCUT2D eigenvalue weighted by atomic mass is 35.5. The summed E-state index contributed by atoms with van der Waals surface area (Å²) in [5.41, 5.74) is -0.242. The number of ether oxygens (including phenoxy) is 1. The molecule has 0 aliphatic heterocycles. The molecule has 0 unspecified atom stereocenters. The number of hydrogen-bond acceptors (Lipinski definition) is 5. The molecule has 2 aromatic carbocycles. The minimum absolute atomic E-state index is 0.0155. The van der Waals surface area contributed by atoms with E-state index in [1.54, 1.807) is 30.3 Å².